The number of carbonyl (C=O) groups excluding carboxylic acids is 1. The maximum absolute atomic E-state index is 12.8. The number of nitrogens with one attached hydrogen (secondary N) is 1. The summed E-state index contributed by atoms with van der Waals surface area (Å²) in [6.45, 7) is 0. The fourth-order valence-corrected chi connectivity index (χ4v) is 3.81. The van der Waals surface area contributed by atoms with E-state index in [4.69, 9.17) is 28.1 Å². The minimum atomic E-state index is -0.747. The summed E-state index contributed by atoms with van der Waals surface area (Å²) in [5, 5.41) is 11.6. The zero-order chi connectivity index (χ0) is 23.9. The zero-order valence-electron chi connectivity index (χ0n) is 18.5. The third-order valence-electron chi connectivity index (χ3n) is 5.32. The fourth-order valence-electron chi connectivity index (χ4n) is 3.81. The van der Waals surface area contributed by atoms with Crippen molar-refractivity contribution in [2.24, 2.45) is 0 Å². The molecular formula is C23H21NO9. The number of hydrogen-bond acceptors (Lipinski definition) is 9. The summed E-state index contributed by atoms with van der Waals surface area (Å²) in [4.78, 5) is 28.3. The van der Waals surface area contributed by atoms with Crippen molar-refractivity contribution in [1.82, 2.24) is 4.98 Å². The summed E-state index contributed by atoms with van der Waals surface area (Å²) in [5.74, 6) is 0.371. The van der Waals surface area contributed by atoms with Crippen LogP contribution in [0.3, 0.4) is 0 Å². The first-order valence-electron chi connectivity index (χ1n) is 9.66. The Labute approximate surface area is 187 Å². The highest BCUT2D eigenvalue weighted by molar-refractivity contribution is 6.18. The Balaban J connectivity index is 2.23. The lowest BCUT2D eigenvalue weighted by Gasteiger charge is -2.13. The van der Waals surface area contributed by atoms with E-state index in [1.807, 2.05) is 0 Å². The molecule has 0 fully saturated rings. The predicted molar refractivity (Wildman–Crippen MR) is 119 cm³/mol. The van der Waals surface area contributed by atoms with Gasteiger partial charge in [0.15, 0.2) is 23.0 Å². The van der Waals surface area contributed by atoms with Crippen molar-refractivity contribution >= 4 is 27.8 Å². The summed E-state index contributed by atoms with van der Waals surface area (Å²) >= 11 is 0. The highest BCUT2D eigenvalue weighted by Gasteiger charge is 2.27. The van der Waals surface area contributed by atoms with E-state index in [2.05, 4.69) is 4.98 Å². The van der Waals surface area contributed by atoms with Crippen molar-refractivity contribution < 1.29 is 38.0 Å². The van der Waals surface area contributed by atoms with Crippen LogP contribution in [0.15, 0.2) is 33.5 Å². The number of phenols is 1. The van der Waals surface area contributed by atoms with Crippen LogP contribution in [0.1, 0.15) is 10.5 Å². The molecule has 2 N–H and O–H groups in total. The molecule has 0 aliphatic rings. The van der Waals surface area contributed by atoms with Gasteiger partial charge in [-0.25, -0.2) is 9.59 Å². The monoisotopic (exact) mass is 455 g/mol. The zero-order valence-corrected chi connectivity index (χ0v) is 18.5. The third kappa shape index (κ3) is 3.36. The Hall–Kier alpha value is -4.34. The minimum Gasteiger partial charge on any atom is -0.507 e. The second-order valence-corrected chi connectivity index (χ2v) is 6.93. The smallest absolute Gasteiger partial charge is 0.360 e. The highest BCUT2D eigenvalue weighted by atomic mass is 16.5. The van der Waals surface area contributed by atoms with Gasteiger partial charge in [-0.1, -0.05) is 0 Å². The maximum atomic E-state index is 12.8. The van der Waals surface area contributed by atoms with Crippen LogP contribution in [0.4, 0.5) is 0 Å². The number of fused-ring (bicyclic) bond motifs is 3. The van der Waals surface area contributed by atoms with E-state index in [1.54, 1.807) is 6.07 Å². The second kappa shape index (κ2) is 8.30. The van der Waals surface area contributed by atoms with Crippen LogP contribution in [0.2, 0.25) is 0 Å². The van der Waals surface area contributed by atoms with Gasteiger partial charge in [-0.2, -0.15) is 0 Å². The molecule has 0 radical (unpaired) electrons. The van der Waals surface area contributed by atoms with Crippen molar-refractivity contribution in [1.29, 1.82) is 0 Å². The Morgan fingerprint density at radius 3 is 2.06 bits per heavy atom. The summed E-state index contributed by atoms with van der Waals surface area (Å²) in [5.41, 5.74) is -0.131. The number of aromatic nitrogens is 1. The van der Waals surface area contributed by atoms with Crippen LogP contribution >= 0.6 is 0 Å². The average molecular weight is 455 g/mol. The number of H-pyrrole nitrogens is 1. The van der Waals surface area contributed by atoms with E-state index in [0.717, 1.165) is 0 Å². The van der Waals surface area contributed by atoms with E-state index >= 15 is 0 Å². The number of benzene rings is 2. The molecule has 0 aliphatic carbocycles. The van der Waals surface area contributed by atoms with Crippen LogP contribution in [0, 0.1) is 0 Å². The molecule has 2 heterocycles. The molecule has 0 saturated carbocycles. The molecule has 33 heavy (non-hydrogen) atoms. The molecule has 0 atom stereocenters. The van der Waals surface area contributed by atoms with Gasteiger partial charge in [0.05, 0.1) is 35.5 Å². The van der Waals surface area contributed by atoms with Crippen molar-refractivity contribution in [3.8, 4) is 39.9 Å². The number of aromatic amines is 1. The molecule has 0 spiro atoms. The first-order valence-corrected chi connectivity index (χ1v) is 9.66. The molecule has 4 rings (SSSR count). The lowest BCUT2D eigenvalue weighted by atomic mass is 9.98. The van der Waals surface area contributed by atoms with Gasteiger partial charge < -0.3 is 38.2 Å². The molecule has 0 amide bonds. The van der Waals surface area contributed by atoms with Crippen LogP contribution in [-0.4, -0.2) is 51.6 Å². The third-order valence-corrected chi connectivity index (χ3v) is 5.32. The molecule has 2 aromatic carbocycles. The SMILES string of the molecule is COC(=O)c1[nH]c2c(=O)oc3cc(OC)c(OC)cc3c2c1-c1cc(OC)c(OC)cc1O. The first-order chi connectivity index (χ1) is 15.9. The van der Waals surface area contributed by atoms with Gasteiger partial charge in [-0.15, -0.1) is 0 Å². The first kappa shape index (κ1) is 21.9. The number of ether oxygens (including phenoxy) is 5. The van der Waals surface area contributed by atoms with Crippen molar-refractivity contribution in [3.63, 3.8) is 0 Å². The number of phenolic OH excluding ortho intramolecular Hbond substituents is 1. The van der Waals surface area contributed by atoms with Gasteiger partial charge in [-0.3, -0.25) is 0 Å². The lowest BCUT2D eigenvalue weighted by molar-refractivity contribution is 0.0596. The van der Waals surface area contributed by atoms with Gasteiger partial charge in [0.1, 0.15) is 22.5 Å². The Bertz CT molecular complexity index is 1450. The van der Waals surface area contributed by atoms with E-state index in [-0.39, 0.29) is 39.4 Å². The van der Waals surface area contributed by atoms with Crippen LogP contribution in [0.25, 0.3) is 33.0 Å². The summed E-state index contributed by atoms with van der Waals surface area (Å²) in [6, 6.07) is 5.99. The Morgan fingerprint density at radius 2 is 1.45 bits per heavy atom. The van der Waals surface area contributed by atoms with Crippen molar-refractivity contribution in [2.45, 2.75) is 0 Å². The van der Waals surface area contributed by atoms with Gasteiger partial charge in [0.2, 0.25) is 0 Å². The molecule has 0 bridgehead atoms. The highest BCUT2D eigenvalue weighted by Crippen LogP contribution is 2.46. The minimum absolute atomic E-state index is 0.0132. The predicted octanol–water partition coefficient (Wildman–Crippen LogP) is 3.47. The van der Waals surface area contributed by atoms with Crippen LogP contribution in [-0.2, 0) is 4.74 Å². The quantitative estimate of drug-likeness (QED) is 0.332. The Kier molecular flexibility index (Phi) is 5.50. The molecule has 0 unspecified atom stereocenters. The van der Waals surface area contributed by atoms with Gasteiger partial charge in [0.25, 0.3) is 0 Å². The molecular weight excluding hydrogens is 434 g/mol. The number of methoxy groups -OCH3 is 5. The van der Waals surface area contributed by atoms with E-state index in [9.17, 15) is 14.7 Å². The van der Waals surface area contributed by atoms with E-state index in [1.165, 1.54) is 53.7 Å². The normalized spacial score (nSPS) is 10.9. The topological polar surface area (TPSA) is 129 Å². The lowest BCUT2D eigenvalue weighted by Crippen LogP contribution is -2.04. The van der Waals surface area contributed by atoms with E-state index < -0.39 is 11.6 Å². The fraction of sp³-hybridized carbons (Fsp3) is 0.217. The maximum Gasteiger partial charge on any atom is 0.360 e. The number of hydrogen-bond donors (Lipinski definition) is 2. The van der Waals surface area contributed by atoms with Gasteiger partial charge in [-0.05, 0) is 12.1 Å². The molecule has 172 valence electrons. The summed E-state index contributed by atoms with van der Waals surface area (Å²) in [7, 11) is 7.01. The Morgan fingerprint density at radius 1 is 0.879 bits per heavy atom. The van der Waals surface area contributed by atoms with Gasteiger partial charge in [0, 0.05) is 34.0 Å². The number of carbonyl (C=O) groups is 1. The molecule has 10 nitrogen and oxygen atoms in total. The van der Waals surface area contributed by atoms with Crippen molar-refractivity contribution in [2.75, 3.05) is 35.5 Å². The van der Waals surface area contributed by atoms with Crippen molar-refractivity contribution in [3.05, 3.63) is 40.4 Å². The van der Waals surface area contributed by atoms with Gasteiger partial charge >= 0.3 is 11.6 Å². The largest absolute Gasteiger partial charge is 0.507 e. The number of esters is 1. The summed E-state index contributed by atoms with van der Waals surface area (Å²) < 4.78 is 31.7. The standard InChI is InChI=1S/C23H21NO9/c1-28-14-6-10(12(25)8-16(14)30-3)18-19-11-7-15(29-2)17(31-4)9-13(11)33-23(27)21(19)24-20(18)22(26)32-5/h6-9,24-25H,1-5H3. The molecule has 2 aromatic heterocycles. The number of aromatic hydroxyl groups is 1. The molecule has 10 heteroatoms. The second-order valence-electron chi connectivity index (χ2n) is 6.93. The molecule has 0 aliphatic heterocycles. The van der Waals surface area contributed by atoms with Crippen LogP contribution < -0.4 is 24.6 Å². The molecule has 0 saturated heterocycles. The van der Waals surface area contributed by atoms with Crippen LogP contribution in [0.5, 0.6) is 28.7 Å². The van der Waals surface area contributed by atoms with E-state index in [0.29, 0.717) is 28.0 Å². The summed E-state index contributed by atoms with van der Waals surface area (Å²) in [6.07, 6.45) is 0. The molecule has 4 aromatic rings. The average Bonchev–Trinajstić information content (AvgIpc) is 3.23. The number of rotatable bonds is 6.